The number of hydrogen-bond acceptors (Lipinski definition) is 6. The maximum Gasteiger partial charge on any atom is 0.336 e. The Morgan fingerprint density at radius 2 is 1.52 bits per heavy atom. The zero-order valence-corrected chi connectivity index (χ0v) is 17.9. The van der Waals surface area contributed by atoms with Gasteiger partial charge in [0.1, 0.15) is 0 Å². The third kappa shape index (κ3) is 4.59. The maximum absolute atomic E-state index is 12.8. The van der Waals surface area contributed by atoms with E-state index in [0.717, 1.165) is 21.7 Å². The lowest BCUT2D eigenvalue weighted by molar-refractivity contribution is -0.139. The van der Waals surface area contributed by atoms with Gasteiger partial charge >= 0.3 is 11.9 Å². The average Bonchev–Trinajstić information content (AvgIpc) is 3.21. The SMILES string of the molecule is CCOC(=O)C1=CN(c2cc(C)cc(C)c2)C=C(C(=O)OCC)C1c1cccs1. The molecule has 0 saturated heterocycles. The van der Waals surface area contributed by atoms with Gasteiger partial charge in [-0.15, -0.1) is 11.3 Å². The molecule has 0 spiro atoms. The molecular weight excluding hydrogens is 386 g/mol. The van der Waals surface area contributed by atoms with Crippen LogP contribution in [0.15, 0.2) is 59.3 Å². The second-order valence-electron chi connectivity index (χ2n) is 6.81. The summed E-state index contributed by atoms with van der Waals surface area (Å²) in [6.07, 6.45) is 3.53. The minimum absolute atomic E-state index is 0.259. The summed E-state index contributed by atoms with van der Waals surface area (Å²) < 4.78 is 10.6. The molecule has 0 bridgehead atoms. The van der Waals surface area contributed by atoms with E-state index in [2.05, 4.69) is 6.07 Å². The van der Waals surface area contributed by atoms with Gasteiger partial charge in [0.15, 0.2) is 0 Å². The second kappa shape index (κ2) is 9.09. The van der Waals surface area contributed by atoms with E-state index in [9.17, 15) is 9.59 Å². The fraction of sp³-hybridized carbons (Fsp3) is 0.304. The third-order valence-electron chi connectivity index (χ3n) is 4.53. The predicted molar refractivity (Wildman–Crippen MR) is 115 cm³/mol. The summed E-state index contributed by atoms with van der Waals surface area (Å²) >= 11 is 1.49. The molecule has 0 fully saturated rings. The Balaban J connectivity index is 2.16. The Morgan fingerprint density at radius 1 is 0.966 bits per heavy atom. The van der Waals surface area contributed by atoms with Crippen molar-refractivity contribution in [3.63, 3.8) is 0 Å². The molecule has 3 rings (SSSR count). The number of thiophene rings is 1. The van der Waals surface area contributed by atoms with Crippen LogP contribution < -0.4 is 4.90 Å². The van der Waals surface area contributed by atoms with Crippen molar-refractivity contribution >= 4 is 29.0 Å². The smallest absolute Gasteiger partial charge is 0.336 e. The highest BCUT2D eigenvalue weighted by molar-refractivity contribution is 7.10. The lowest BCUT2D eigenvalue weighted by Gasteiger charge is -2.30. The first-order valence-electron chi connectivity index (χ1n) is 9.62. The Bertz CT molecular complexity index is 903. The van der Waals surface area contributed by atoms with Crippen LogP contribution in [0, 0.1) is 13.8 Å². The van der Waals surface area contributed by atoms with E-state index in [-0.39, 0.29) is 13.2 Å². The Hall–Kier alpha value is -2.86. The minimum Gasteiger partial charge on any atom is -0.463 e. The molecule has 29 heavy (non-hydrogen) atoms. The first-order valence-corrected chi connectivity index (χ1v) is 10.5. The number of carbonyl (C=O) groups excluding carboxylic acids is 2. The minimum atomic E-state index is -0.518. The van der Waals surface area contributed by atoms with Gasteiger partial charge in [0, 0.05) is 23.0 Å². The number of benzene rings is 1. The van der Waals surface area contributed by atoms with Crippen LogP contribution in [0.1, 0.15) is 35.8 Å². The lowest BCUT2D eigenvalue weighted by Crippen LogP contribution is -2.29. The molecule has 152 valence electrons. The standard InChI is InChI=1S/C23H25NO4S/c1-5-27-22(25)18-13-24(17-11-15(3)10-16(4)12-17)14-19(23(26)28-6-2)21(18)20-8-7-9-29-20/h7-14,21H,5-6H2,1-4H3. The van der Waals surface area contributed by atoms with Crippen molar-refractivity contribution in [1.29, 1.82) is 0 Å². The van der Waals surface area contributed by atoms with Crippen LogP contribution in [-0.4, -0.2) is 25.2 Å². The van der Waals surface area contributed by atoms with Crippen molar-refractivity contribution in [3.8, 4) is 0 Å². The predicted octanol–water partition coefficient (Wildman–Crippen LogP) is 4.86. The van der Waals surface area contributed by atoms with Crippen molar-refractivity contribution in [2.24, 2.45) is 0 Å². The number of hydrogen-bond donors (Lipinski definition) is 0. The first-order chi connectivity index (χ1) is 13.9. The van der Waals surface area contributed by atoms with Gasteiger partial charge in [0.05, 0.1) is 30.3 Å². The van der Waals surface area contributed by atoms with E-state index < -0.39 is 17.9 Å². The second-order valence-corrected chi connectivity index (χ2v) is 7.79. The zero-order chi connectivity index (χ0) is 21.0. The van der Waals surface area contributed by atoms with Crippen molar-refractivity contribution in [3.05, 3.63) is 75.3 Å². The molecule has 5 nitrogen and oxygen atoms in total. The number of nitrogens with zero attached hydrogens (tertiary/aromatic N) is 1. The quantitative estimate of drug-likeness (QED) is 0.635. The van der Waals surface area contributed by atoms with Crippen LogP contribution in [0.3, 0.4) is 0 Å². The molecule has 0 radical (unpaired) electrons. The molecule has 0 aliphatic carbocycles. The summed E-state index contributed by atoms with van der Waals surface area (Å²) in [5, 5.41) is 1.93. The van der Waals surface area contributed by atoms with Crippen molar-refractivity contribution < 1.29 is 19.1 Å². The molecule has 1 aromatic heterocycles. The van der Waals surface area contributed by atoms with Gasteiger partial charge in [-0.3, -0.25) is 0 Å². The molecule has 1 aliphatic rings. The highest BCUT2D eigenvalue weighted by Crippen LogP contribution is 2.40. The topological polar surface area (TPSA) is 55.8 Å². The van der Waals surface area contributed by atoms with Gasteiger partial charge in [-0.25, -0.2) is 9.59 Å². The lowest BCUT2D eigenvalue weighted by atomic mass is 9.87. The summed E-state index contributed by atoms with van der Waals surface area (Å²) in [5.41, 5.74) is 3.89. The largest absolute Gasteiger partial charge is 0.463 e. The highest BCUT2D eigenvalue weighted by atomic mass is 32.1. The Labute approximate surface area is 175 Å². The molecule has 1 aromatic carbocycles. The number of carbonyl (C=O) groups is 2. The number of aryl methyl sites for hydroxylation is 2. The van der Waals surface area contributed by atoms with Crippen LogP contribution in [-0.2, 0) is 19.1 Å². The van der Waals surface area contributed by atoms with E-state index in [1.807, 2.05) is 48.4 Å². The van der Waals surface area contributed by atoms with E-state index in [1.54, 1.807) is 26.2 Å². The van der Waals surface area contributed by atoms with Crippen LogP contribution in [0.25, 0.3) is 0 Å². The van der Waals surface area contributed by atoms with Gasteiger partial charge in [0.25, 0.3) is 0 Å². The van der Waals surface area contributed by atoms with Gasteiger partial charge in [0.2, 0.25) is 0 Å². The summed E-state index contributed by atoms with van der Waals surface area (Å²) in [4.78, 5) is 28.4. The molecule has 2 heterocycles. The molecular formula is C23H25NO4S. The molecule has 0 saturated carbocycles. The summed E-state index contributed by atoms with van der Waals surface area (Å²) in [5.74, 6) is -1.39. The number of esters is 2. The van der Waals surface area contributed by atoms with E-state index >= 15 is 0 Å². The number of rotatable bonds is 6. The van der Waals surface area contributed by atoms with Crippen molar-refractivity contribution in [1.82, 2.24) is 0 Å². The average molecular weight is 412 g/mol. The van der Waals surface area contributed by atoms with E-state index in [1.165, 1.54) is 11.3 Å². The van der Waals surface area contributed by atoms with E-state index in [0.29, 0.717) is 11.1 Å². The molecule has 0 amide bonds. The van der Waals surface area contributed by atoms with E-state index in [4.69, 9.17) is 9.47 Å². The van der Waals surface area contributed by atoms with Crippen LogP contribution in [0.2, 0.25) is 0 Å². The summed E-state index contributed by atoms with van der Waals surface area (Å²) in [6.45, 7) is 8.09. The van der Waals surface area contributed by atoms with Crippen LogP contribution >= 0.6 is 11.3 Å². The summed E-state index contributed by atoms with van der Waals surface area (Å²) in [6, 6.07) is 9.92. The first kappa shape index (κ1) is 20.9. The molecule has 0 atom stereocenters. The summed E-state index contributed by atoms with van der Waals surface area (Å²) in [7, 11) is 0. The Morgan fingerprint density at radius 3 is 1.97 bits per heavy atom. The third-order valence-corrected chi connectivity index (χ3v) is 5.47. The van der Waals surface area contributed by atoms with Gasteiger partial charge in [-0.1, -0.05) is 12.1 Å². The fourth-order valence-electron chi connectivity index (χ4n) is 3.43. The van der Waals surface area contributed by atoms with Crippen LogP contribution in [0.4, 0.5) is 5.69 Å². The molecule has 6 heteroatoms. The maximum atomic E-state index is 12.8. The fourth-order valence-corrected chi connectivity index (χ4v) is 4.30. The van der Waals surface area contributed by atoms with Gasteiger partial charge in [-0.2, -0.15) is 0 Å². The van der Waals surface area contributed by atoms with Crippen molar-refractivity contribution in [2.45, 2.75) is 33.6 Å². The van der Waals surface area contributed by atoms with Crippen molar-refractivity contribution in [2.75, 3.05) is 18.1 Å². The normalized spacial score (nSPS) is 14.3. The van der Waals surface area contributed by atoms with Crippen LogP contribution in [0.5, 0.6) is 0 Å². The Kier molecular flexibility index (Phi) is 6.54. The van der Waals surface area contributed by atoms with Gasteiger partial charge in [-0.05, 0) is 62.4 Å². The highest BCUT2D eigenvalue weighted by Gasteiger charge is 2.36. The van der Waals surface area contributed by atoms with Gasteiger partial charge < -0.3 is 14.4 Å². The molecule has 1 aliphatic heterocycles. The number of ether oxygens (including phenoxy) is 2. The molecule has 0 unspecified atom stereocenters. The molecule has 0 N–H and O–H groups in total. The molecule has 2 aromatic rings. The monoisotopic (exact) mass is 411 g/mol. The zero-order valence-electron chi connectivity index (χ0n) is 17.1. The number of anilines is 1.